The number of carbonyl (C=O) groups is 1. The molecule has 0 radical (unpaired) electrons. The molecule has 1 aromatic heterocycles. The number of aromatic nitrogens is 2. The fourth-order valence-electron chi connectivity index (χ4n) is 3.51. The molecule has 1 aliphatic heterocycles. The van der Waals surface area contributed by atoms with Crippen molar-refractivity contribution in [3.05, 3.63) is 52.3 Å². The van der Waals surface area contributed by atoms with Gasteiger partial charge in [0.15, 0.2) is 5.69 Å². The number of fused-ring (bicyclic) bond motifs is 1. The minimum Gasteiger partial charge on any atom is -0.380 e. The summed E-state index contributed by atoms with van der Waals surface area (Å²) in [5, 5.41) is 7.44. The van der Waals surface area contributed by atoms with Crippen LogP contribution in [0.4, 0.5) is 0 Å². The lowest BCUT2D eigenvalue weighted by atomic mass is 9.99. The van der Waals surface area contributed by atoms with Gasteiger partial charge in [-0.25, -0.2) is 0 Å². The van der Waals surface area contributed by atoms with Crippen molar-refractivity contribution in [3.63, 3.8) is 0 Å². The first-order chi connectivity index (χ1) is 12.0. The number of methoxy groups -OCH3 is 1. The number of hydrogen-bond acceptors (Lipinski definition) is 4. The number of aryl methyl sites for hydroxylation is 1. The molecule has 0 spiro atoms. The highest BCUT2D eigenvalue weighted by molar-refractivity contribution is 5.94. The molecule has 6 heteroatoms. The zero-order chi connectivity index (χ0) is 18.0. The van der Waals surface area contributed by atoms with Crippen LogP contribution in [0.1, 0.15) is 52.8 Å². The average molecular weight is 343 g/mol. The van der Waals surface area contributed by atoms with Crippen molar-refractivity contribution >= 4 is 5.91 Å². The maximum Gasteiger partial charge on any atom is 0.272 e. The number of amides is 1. The smallest absolute Gasteiger partial charge is 0.272 e. The van der Waals surface area contributed by atoms with Gasteiger partial charge in [0.2, 0.25) is 0 Å². The van der Waals surface area contributed by atoms with E-state index in [1.807, 2.05) is 45.2 Å². The predicted octanol–water partition coefficient (Wildman–Crippen LogP) is 2.52. The molecule has 6 nitrogen and oxygen atoms in total. The topological polar surface area (TPSA) is 65.4 Å². The largest absolute Gasteiger partial charge is 0.380 e. The summed E-state index contributed by atoms with van der Waals surface area (Å²) in [6.07, 6.45) is 0.734. The first-order valence-electron chi connectivity index (χ1n) is 8.56. The van der Waals surface area contributed by atoms with Crippen LogP contribution in [0.25, 0.3) is 0 Å². The van der Waals surface area contributed by atoms with E-state index < -0.39 is 0 Å². The monoisotopic (exact) mass is 343 g/mol. The molecule has 1 N–H and O–H groups in total. The lowest BCUT2D eigenvalue weighted by molar-refractivity contribution is -0.00903. The Morgan fingerprint density at radius 1 is 1.36 bits per heavy atom. The molecule has 134 valence electrons. The van der Waals surface area contributed by atoms with Gasteiger partial charge >= 0.3 is 0 Å². The Hall–Kier alpha value is -2.18. The quantitative estimate of drug-likeness (QED) is 0.906. The van der Waals surface area contributed by atoms with Crippen LogP contribution >= 0.6 is 0 Å². The van der Waals surface area contributed by atoms with E-state index in [9.17, 15) is 4.79 Å². The van der Waals surface area contributed by atoms with Gasteiger partial charge in [0, 0.05) is 32.7 Å². The van der Waals surface area contributed by atoms with Gasteiger partial charge in [-0.3, -0.25) is 9.48 Å². The minimum atomic E-state index is -0.148. The predicted molar refractivity (Wildman–Crippen MR) is 94.2 cm³/mol. The van der Waals surface area contributed by atoms with Crippen molar-refractivity contribution in [1.82, 2.24) is 15.1 Å². The van der Waals surface area contributed by atoms with Crippen molar-refractivity contribution in [2.45, 2.75) is 45.6 Å². The Labute approximate surface area is 148 Å². The molecule has 1 aromatic carbocycles. The highest BCUT2D eigenvalue weighted by atomic mass is 16.5. The Balaban J connectivity index is 1.78. The van der Waals surface area contributed by atoms with Gasteiger partial charge in [-0.1, -0.05) is 24.3 Å². The molecule has 0 saturated heterocycles. The van der Waals surface area contributed by atoms with E-state index in [-0.39, 0.29) is 18.1 Å². The Bertz CT molecular complexity index is 769. The van der Waals surface area contributed by atoms with E-state index in [4.69, 9.17) is 9.47 Å². The van der Waals surface area contributed by atoms with Crippen molar-refractivity contribution in [3.8, 4) is 0 Å². The van der Waals surface area contributed by atoms with Crippen molar-refractivity contribution in [2.24, 2.45) is 7.05 Å². The number of nitrogens with one attached hydrogen (secondary N) is 1. The van der Waals surface area contributed by atoms with Gasteiger partial charge < -0.3 is 14.8 Å². The van der Waals surface area contributed by atoms with Gasteiger partial charge in [-0.05, 0) is 25.0 Å². The van der Waals surface area contributed by atoms with Crippen LogP contribution in [-0.4, -0.2) is 28.9 Å². The number of hydrogen-bond donors (Lipinski definition) is 1. The lowest BCUT2D eigenvalue weighted by Crippen LogP contribution is -2.27. The fourth-order valence-corrected chi connectivity index (χ4v) is 3.51. The number of benzene rings is 1. The molecule has 0 saturated carbocycles. The Morgan fingerprint density at radius 3 is 2.80 bits per heavy atom. The van der Waals surface area contributed by atoms with E-state index in [1.54, 1.807) is 11.8 Å². The van der Waals surface area contributed by atoms with Gasteiger partial charge in [-0.2, -0.15) is 5.10 Å². The normalized spacial score (nSPS) is 19.5. The molecule has 1 aliphatic rings. The molecular formula is C19H25N3O3. The fraction of sp³-hybridized carbons (Fsp3) is 0.474. The molecule has 2 aromatic rings. The van der Waals surface area contributed by atoms with Crippen molar-refractivity contribution < 1.29 is 14.3 Å². The summed E-state index contributed by atoms with van der Waals surface area (Å²) in [4.78, 5) is 12.7. The van der Waals surface area contributed by atoms with E-state index >= 15 is 0 Å². The second-order valence-corrected chi connectivity index (χ2v) is 6.51. The van der Waals surface area contributed by atoms with E-state index in [0.717, 1.165) is 22.4 Å². The van der Waals surface area contributed by atoms with Crippen LogP contribution in [-0.2, 0) is 36.1 Å². The molecule has 0 bridgehead atoms. The number of nitrogens with zero attached hydrogens (tertiary/aromatic N) is 2. The molecule has 0 aliphatic carbocycles. The summed E-state index contributed by atoms with van der Waals surface area (Å²) in [5.41, 5.74) is 4.61. The van der Waals surface area contributed by atoms with Crippen LogP contribution in [0.5, 0.6) is 0 Å². The lowest BCUT2D eigenvalue weighted by Gasteiger charge is -2.26. The highest BCUT2D eigenvalue weighted by Gasteiger charge is 2.31. The molecule has 25 heavy (non-hydrogen) atoms. The Kier molecular flexibility index (Phi) is 5.20. The zero-order valence-corrected chi connectivity index (χ0v) is 15.2. The summed E-state index contributed by atoms with van der Waals surface area (Å²) in [5.74, 6) is -0.148. The summed E-state index contributed by atoms with van der Waals surface area (Å²) < 4.78 is 12.8. The van der Waals surface area contributed by atoms with Crippen LogP contribution in [0, 0.1) is 0 Å². The van der Waals surface area contributed by atoms with E-state index in [2.05, 4.69) is 10.4 Å². The molecule has 2 atom stereocenters. The molecular weight excluding hydrogens is 318 g/mol. The third-order valence-corrected chi connectivity index (χ3v) is 4.58. The SMILES string of the molecule is COCc1ccccc1CNC(=O)c1nn(C)c2c1C[C@H](C)O[C@@H]2C. The molecule has 1 amide bonds. The van der Waals surface area contributed by atoms with Gasteiger partial charge in [0.1, 0.15) is 0 Å². The average Bonchev–Trinajstić information content (AvgIpc) is 2.91. The highest BCUT2D eigenvalue weighted by Crippen LogP contribution is 2.31. The molecule has 2 heterocycles. The zero-order valence-electron chi connectivity index (χ0n) is 15.2. The Morgan fingerprint density at radius 2 is 2.08 bits per heavy atom. The van der Waals surface area contributed by atoms with Crippen LogP contribution < -0.4 is 5.32 Å². The van der Waals surface area contributed by atoms with Gasteiger partial charge in [0.05, 0.1) is 24.5 Å². The summed E-state index contributed by atoms with van der Waals surface area (Å²) in [7, 11) is 3.53. The molecule has 0 fully saturated rings. The van der Waals surface area contributed by atoms with Crippen LogP contribution in [0.15, 0.2) is 24.3 Å². The summed E-state index contributed by atoms with van der Waals surface area (Å²) in [6.45, 7) is 5.00. The molecule has 0 unspecified atom stereocenters. The number of ether oxygens (including phenoxy) is 2. The number of carbonyl (C=O) groups excluding carboxylic acids is 1. The van der Waals surface area contributed by atoms with Gasteiger partial charge in [0.25, 0.3) is 5.91 Å². The summed E-state index contributed by atoms with van der Waals surface area (Å²) in [6, 6.07) is 7.94. The second kappa shape index (κ2) is 7.37. The van der Waals surface area contributed by atoms with Crippen molar-refractivity contribution in [2.75, 3.05) is 7.11 Å². The maximum absolute atomic E-state index is 12.7. The van der Waals surface area contributed by atoms with Gasteiger partial charge in [-0.15, -0.1) is 0 Å². The third-order valence-electron chi connectivity index (χ3n) is 4.58. The second-order valence-electron chi connectivity index (χ2n) is 6.51. The number of rotatable bonds is 5. The van der Waals surface area contributed by atoms with E-state index in [1.165, 1.54) is 0 Å². The standard InChI is InChI=1S/C19H25N3O3/c1-12-9-16-17(21-22(3)18(16)13(2)25-12)19(23)20-10-14-7-5-6-8-15(14)11-24-4/h5-8,12-13H,9-11H2,1-4H3,(H,20,23)/t12-,13+/m0/s1. The minimum absolute atomic E-state index is 0.0553. The third kappa shape index (κ3) is 3.60. The first-order valence-corrected chi connectivity index (χ1v) is 8.56. The van der Waals surface area contributed by atoms with Crippen LogP contribution in [0.2, 0.25) is 0 Å². The first kappa shape index (κ1) is 17.6. The molecule has 3 rings (SSSR count). The van der Waals surface area contributed by atoms with Crippen molar-refractivity contribution in [1.29, 1.82) is 0 Å². The summed E-state index contributed by atoms with van der Waals surface area (Å²) >= 11 is 0. The van der Waals surface area contributed by atoms with E-state index in [0.29, 0.717) is 25.3 Å². The maximum atomic E-state index is 12.7. The van der Waals surface area contributed by atoms with Crippen LogP contribution in [0.3, 0.4) is 0 Å².